The first kappa shape index (κ1) is 13.3. The van der Waals surface area contributed by atoms with Gasteiger partial charge >= 0.3 is 0 Å². The van der Waals surface area contributed by atoms with Gasteiger partial charge in [-0.15, -0.1) is 0 Å². The summed E-state index contributed by atoms with van der Waals surface area (Å²) >= 11 is 6.12. The Balaban J connectivity index is 1.81. The van der Waals surface area contributed by atoms with Crippen LogP contribution in [0.2, 0.25) is 5.02 Å². The van der Waals surface area contributed by atoms with E-state index >= 15 is 0 Å². The predicted molar refractivity (Wildman–Crippen MR) is 79.8 cm³/mol. The highest BCUT2D eigenvalue weighted by molar-refractivity contribution is 6.30. The Kier molecular flexibility index (Phi) is 2.90. The summed E-state index contributed by atoms with van der Waals surface area (Å²) in [5.41, 5.74) is 0.785. The minimum absolute atomic E-state index is 0.106. The number of rotatable bonds is 1. The molecule has 2 bridgehead atoms. The van der Waals surface area contributed by atoms with Gasteiger partial charge in [-0.3, -0.25) is 14.9 Å². The van der Waals surface area contributed by atoms with E-state index in [0.717, 1.165) is 18.4 Å². The lowest BCUT2D eigenvalue weighted by Gasteiger charge is -2.46. The third kappa shape index (κ3) is 1.94. The van der Waals surface area contributed by atoms with Gasteiger partial charge in [0, 0.05) is 11.4 Å². The highest BCUT2D eigenvalue weighted by Gasteiger charge is 2.59. The molecule has 4 rings (SSSR count). The normalized spacial score (nSPS) is 38.0. The van der Waals surface area contributed by atoms with Crippen molar-refractivity contribution in [3.8, 4) is 0 Å². The monoisotopic (exact) mass is 303 g/mol. The van der Waals surface area contributed by atoms with Crippen LogP contribution >= 0.6 is 11.6 Å². The first-order valence-electron chi connectivity index (χ1n) is 7.68. The minimum atomic E-state index is -0.232. The van der Waals surface area contributed by atoms with Crippen LogP contribution in [0.5, 0.6) is 0 Å². The topological polar surface area (TPSA) is 46.2 Å². The van der Waals surface area contributed by atoms with Gasteiger partial charge in [-0.25, -0.2) is 0 Å². The molecular weight excluding hydrogens is 286 g/mol. The molecule has 21 heavy (non-hydrogen) atoms. The SMILES string of the molecule is O=C1CC2(CC3CCC2C3)C(c2cccc(Cl)c2)C(=O)N1. The van der Waals surface area contributed by atoms with E-state index in [1.807, 2.05) is 24.3 Å². The van der Waals surface area contributed by atoms with Gasteiger partial charge in [0.25, 0.3) is 0 Å². The molecule has 3 nitrogen and oxygen atoms in total. The summed E-state index contributed by atoms with van der Waals surface area (Å²) in [4.78, 5) is 24.6. The van der Waals surface area contributed by atoms with Gasteiger partial charge in [-0.2, -0.15) is 0 Å². The van der Waals surface area contributed by atoms with Crippen molar-refractivity contribution in [3.63, 3.8) is 0 Å². The fourth-order valence-electron chi connectivity index (χ4n) is 5.14. The molecule has 1 spiro atoms. The summed E-state index contributed by atoms with van der Waals surface area (Å²) in [6, 6.07) is 7.57. The van der Waals surface area contributed by atoms with Crippen LogP contribution in [0.4, 0.5) is 0 Å². The van der Waals surface area contributed by atoms with Crippen LogP contribution < -0.4 is 5.32 Å². The summed E-state index contributed by atoms with van der Waals surface area (Å²) in [6.07, 6.45) is 5.08. The lowest BCUT2D eigenvalue weighted by Crippen LogP contribution is -2.52. The first-order chi connectivity index (χ1) is 10.1. The first-order valence-corrected chi connectivity index (χ1v) is 8.05. The van der Waals surface area contributed by atoms with Crippen molar-refractivity contribution >= 4 is 23.4 Å². The van der Waals surface area contributed by atoms with Crippen molar-refractivity contribution in [1.82, 2.24) is 5.32 Å². The molecule has 2 aliphatic carbocycles. The van der Waals surface area contributed by atoms with E-state index in [0.29, 0.717) is 23.3 Å². The maximum absolute atomic E-state index is 12.6. The summed E-state index contributed by atoms with van der Waals surface area (Å²) < 4.78 is 0. The van der Waals surface area contributed by atoms with Crippen LogP contribution in [-0.2, 0) is 9.59 Å². The molecule has 3 aliphatic rings. The van der Waals surface area contributed by atoms with Crippen molar-refractivity contribution in [2.75, 3.05) is 0 Å². The summed E-state index contributed by atoms with van der Waals surface area (Å²) in [5.74, 6) is 0.716. The number of piperidine rings is 1. The van der Waals surface area contributed by atoms with Crippen molar-refractivity contribution in [2.24, 2.45) is 17.3 Å². The number of carbonyl (C=O) groups excluding carboxylic acids is 2. The molecule has 4 atom stereocenters. The Morgan fingerprint density at radius 3 is 2.76 bits per heavy atom. The molecule has 1 aromatic carbocycles. The zero-order valence-electron chi connectivity index (χ0n) is 11.8. The Bertz CT molecular complexity index is 629. The van der Waals surface area contributed by atoms with E-state index in [4.69, 9.17) is 11.6 Å². The second-order valence-corrected chi connectivity index (χ2v) is 7.33. The van der Waals surface area contributed by atoms with Gasteiger partial charge < -0.3 is 0 Å². The predicted octanol–water partition coefficient (Wildman–Crippen LogP) is 3.28. The molecule has 1 N–H and O–H groups in total. The molecule has 0 aromatic heterocycles. The second kappa shape index (κ2) is 4.57. The lowest BCUT2D eigenvalue weighted by atomic mass is 9.59. The molecule has 110 valence electrons. The van der Waals surface area contributed by atoms with Crippen molar-refractivity contribution in [3.05, 3.63) is 34.9 Å². The number of nitrogens with one attached hydrogen (secondary N) is 1. The summed E-state index contributed by atoms with van der Waals surface area (Å²) in [5, 5.41) is 3.19. The van der Waals surface area contributed by atoms with E-state index in [-0.39, 0.29) is 23.1 Å². The number of hydrogen-bond acceptors (Lipinski definition) is 2. The lowest BCUT2D eigenvalue weighted by molar-refractivity contribution is -0.142. The van der Waals surface area contributed by atoms with Crippen LogP contribution in [-0.4, -0.2) is 11.8 Å². The Hall–Kier alpha value is -1.35. The van der Waals surface area contributed by atoms with Crippen LogP contribution in [0.3, 0.4) is 0 Å². The molecule has 4 heteroatoms. The van der Waals surface area contributed by atoms with E-state index in [9.17, 15) is 9.59 Å². The van der Waals surface area contributed by atoms with E-state index < -0.39 is 0 Å². The van der Waals surface area contributed by atoms with Gasteiger partial charge in [0.05, 0.1) is 5.92 Å². The molecule has 0 radical (unpaired) electrons. The molecule has 1 aromatic rings. The third-order valence-electron chi connectivity index (χ3n) is 5.79. The number of hydrogen-bond donors (Lipinski definition) is 1. The molecule has 1 heterocycles. The van der Waals surface area contributed by atoms with Crippen LogP contribution in [0.1, 0.15) is 43.6 Å². The molecular formula is C17H18ClNO2. The molecule has 3 fully saturated rings. The van der Waals surface area contributed by atoms with Gasteiger partial charge in [-0.1, -0.05) is 30.2 Å². The summed E-state index contributed by atoms with van der Waals surface area (Å²) in [7, 11) is 0. The average Bonchev–Trinajstić information content (AvgIpc) is 2.98. The quantitative estimate of drug-likeness (QED) is 0.809. The molecule has 1 saturated heterocycles. The van der Waals surface area contributed by atoms with Gasteiger partial charge in [0.15, 0.2) is 0 Å². The van der Waals surface area contributed by atoms with Crippen LogP contribution in [0.15, 0.2) is 24.3 Å². The highest BCUT2D eigenvalue weighted by atomic mass is 35.5. The highest BCUT2D eigenvalue weighted by Crippen LogP contribution is 2.64. The summed E-state index contributed by atoms with van der Waals surface area (Å²) in [6.45, 7) is 0. The van der Waals surface area contributed by atoms with E-state index in [1.54, 1.807) is 0 Å². The van der Waals surface area contributed by atoms with E-state index in [2.05, 4.69) is 5.32 Å². The van der Waals surface area contributed by atoms with Crippen molar-refractivity contribution in [2.45, 2.75) is 38.0 Å². The zero-order valence-corrected chi connectivity index (χ0v) is 12.5. The largest absolute Gasteiger partial charge is 0.296 e. The van der Waals surface area contributed by atoms with Gasteiger partial charge in [-0.05, 0) is 54.2 Å². The van der Waals surface area contributed by atoms with Crippen molar-refractivity contribution < 1.29 is 9.59 Å². The number of benzene rings is 1. The number of halogens is 1. The van der Waals surface area contributed by atoms with Crippen molar-refractivity contribution in [1.29, 1.82) is 0 Å². The Labute approximate surface area is 129 Å². The minimum Gasteiger partial charge on any atom is -0.296 e. The third-order valence-corrected chi connectivity index (χ3v) is 6.03. The number of amides is 2. The number of carbonyl (C=O) groups is 2. The molecule has 4 unspecified atom stereocenters. The van der Waals surface area contributed by atoms with Crippen LogP contribution in [0, 0.1) is 17.3 Å². The van der Waals surface area contributed by atoms with Gasteiger partial charge in [0.1, 0.15) is 0 Å². The molecule has 1 aliphatic heterocycles. The smallest absolute Gasteiger partial charge is 0.234 e. The van der Waals surface area contributed by atoms with Gasteiger partial charge in [0.2, 0.25) is 11.8 Å². The number of imide groups is 1. The zero-order chi connectivity index (χ0) is 14.6. The van der Waals surface area contributed by atoms with E-state index in [1.165, 1.54) is 12.8 Å². The molecule has 2 saturated carbocycles. The second-order valence-electron chi connectivity index (χ2n) is 6.89. The fourth-order valence-corrected chi connectivity index (χ4v) is 5.34. The number of fused-ring (bicyclic) bond motifs is 3. The van der Waals surface area contributed by atoms with Crippen LogP contribution in [0.25, 0.3) is 0 Å². The maximum atomic E-state index is 12.6. The standard InChI is InChI=1S/C17H18ClNO2/c18-13-3-1-2-11(7-13)15-16(21)19-14(20)9-17(15)8-10-4-5-12(17)6-10/h1-3,7,10,12,15H,4-6,8-9H2,(H,19,20,21). The molecule has 2 amide bonds. The fraction of sp³-hybridized carbons (Fsp3) is 0.529. The Morgan fingerprint density at radius 1 is 1.24 bits per heavy atom. The Morgan fingerprint density at radius 2 is 2.10 bits per heavy atom. The average molecular weight is 304 g/mol. The maximum Gasteiger partial charge on any atom is 0.234 e.